The summed E-state index contributed by atoms with van der Waals surface area (Å²) in [6, 6.07) is 18.7. The zero-order chi connectivity index (χ0) is 24.6. The number of carbonyl (C=O) groups excluding carboxylic acids is 1. The lowest BCUT2D eigenvalue weighted by atomic mass is 9.86. The van der Waals surface area contributed by atoms with Crippen molar-refractivity contribution in [3.8, 4) is 11.3 Å². The molecule has 1 saturated heterocycles. The molecule has 3 aromatic heterocycles. The third-order valence-corrected chi connectivity index (χ3v) is 7.20. The van der Waals surface area contributed by atoms with Crippen LogP contribution in [0.3, 0.4) is 0 Å². The second-order valence-corrected chi connectivity index (χ2v) is 9.32. The van der Waals surface area contributed by atoms with Gasteiger partial charge in [0.2, 0.25) is 6.08 Å². The molecule has 0 spiro atoms. The second kappa shape index (κ2) is 9.15. The highest BCUT2D eigenvalue weighted by atomic mass is 16.5. The first kappa shape index (κ1) is 22.3. The van der Waals surface area contributed by atoms with Gasteiger partial charge in [0.1, 0.15) is 0 Å². The Morgan fingerprint density at radius 2 is 1.89 bits per heavy atom. The van der Waals surface area contributed by atoms with Crippen molar-refractivity contribution in [2.24, 2.45) is 18.0 Å². The minimum absolute atomic E-state index is 0.0633. The number of nitrogens with zero attached hydrogens (tertiary/aromatic N) is 6. The number of fused-ring (bicyclic) bond motifs is 3. The zero-order valence-corrected chi connectivity index (χ0v) is 20.3. The van der Waals surface area contributed by atoms with Gasteiger partial charge in [-0.15, -0.1) is 5.10 Å². The number of hydrogen-bond acceptors (Lipinski definition) is 6. The van der Waals surface area contributed by atoms with Crippen LogP contribution < -0.4 is 0 Å². The first-order valence-electron chi connectivity index (χ1n) is 12.2. The van der Waals surface area contributed by atoms with Gasteiger partial charge in [0, 0.05) is 37.4 Å². The monoisotopic (exact) mass is 478 g/mol. The molecule has 0 amide bonds. The van der Waals surface area contributed by atoms with Crippen molar-refractivity contribution in [1.82, 2.24) is 24.5 Å². The molecule has 6 rings (SSSR count). The number of isocyanates is 1. The molecule has 180 valence electrons. The Balaban J connectivity index is 1.69. The molecule has 0 bridgehead atoms. The molecule has 2 aromatic carbocycles. The van der Waals surface area contributed by atoms with Gasteiger partial charge in [-0.1, -0.05) is 35.5 Å². The van der Waals surface area contributed by atoms with E-state index in [-0.39, 0.29) is 6.04 Å². The number of pyridine rings is 1. The van der Waals surface area contributed by atoms with Crippen LogP contribution in [0.5, 0.6) is 0 Å². The lowest BCUT2D eigenvalue weighted by molar-refractivity contribution is 0.0553. The van der Waals surface area contributed by atoms with Gasteiger partial charge in [-0.3, -0.25) is 4.98 Å². The van der Waals surface area contributed by atoms with E-state index in [4.69, 9.17) is 9.72 Å². The Hall–Kier alpha value is -4.13. The predicted molar refractivity (Wildman–Crippen MR) is 138 cm³/mol. The summed E-state index contributed by atoms with van der Waals surface area (Å²) in [4.78, 5) is 19.9. The molecule has 0 aliphatic carbocycles. The van der Waals surface area contributed by atoms with Crippen molar-refractivity contribution >= 4 is 33.7 Å². The molecule has 4 heterocycles. The molecule has 0 N–H and O–H groups in total. The summed E-state index contributed by atoms with van der Waals surface area (Å²) in [5.74, 6) is 0.377. The first-order valence-corrected chi connectivity index (χ1v) is 12.2. The van der Waals surface area contributed by atoms with Crippen LogP contribution in [0.2, 0.25) is 0 Å². The molecule has 1 aliphatic rings. The third kappa shape index (κ3) is 3.71. The van der Waals surface area contributed by atoms with Gasteiger partial charge >= 0.3 is 0 Å². The molecule has 0 saturated carbocycles. The fourth-order valence-corrected chi connectivity index (χ4v) is 5.62. The Morgan fingerprint density at radius 1 is 1.08 bits per heavy atom. The molecule has 8 nitrogen and oxygen atoms in total. The smallest absolute Gasteiger partial charge is 0.240 e. The lowest BCUT2D eigenvalue weighted by Gasteiger charge is -2.33. The van der Waals surface area contributed by atoms with Crippen LogP contribution in [-0.2, 0) is 16.6 Å². The van der Waals surface area contributed by atoms with E-state index in [2.05, 4.69) is 50.2 Å². The Bertz CT molecular complexity index is 1590. The average Bonchev–Trinajstić information content (AvgIpc) is 3.41. The van der Waals surface area contributed by atoms with Crippen LogP contribution in [0.25, 0.3) is 33.2 Å². The molecular weight excluding hydrogens is 452 g/mol. The summed E-state index contributed by atoms with van der Waals surface area (Å²) in [7, 11) is 1.90. The molecule has 1 aliphatic heterocycles. The standard InChI is InChI=1S/C28H26N6O2/c1-18-27(33(2)32-31-18)21-14-25-26(29-16-21)23-9-8-22(30-17-35)15-24(23)34(25)28(19-6-4-3-5-7-19)20-10-12-36-13-11-20/h3-9,14-16,20,28H,10-13H2,1-2H3. The normalized spacial score (nSPS) is 15.3. The number of aliphatic imine (C=N–C) groups is 1. The zero-order valence-electron chi connectivity index (χ0n) is 20.3. The van der Waals surface area contributed by atoms with Gasteiger partial charge in [0.15, 0.2) is 0 Å². The van der Waals surface area contributed by atoms with Crippen LogP contribution in [0, 0.1) is 12.8 Å². The van der Waals surface area contributed by atoms with E-state index >= 15 is 0 Å². The number of benzene rings is 2. The highest BCUT2D eigenvalue weighted by molar-refractivity contribution is 6.07. The van der Waals surface area contributed by atoms with Gasteiger partial charge < -0.3 is 9.30 Å². The van der Waals surface area contributed by atoms with Crippen LogP contribution >= 0.6 is 0 Å². The van der Waals surface area contributed by atoms with E-state index in [0.717, 1.165) is 64.9 Å². The van der Waals surface area contributed by atoms with Gasteiger partial charge in [0.25, 0.3) is 0 Å². The molecule has 1 atom stereocenters. The summed E-state index contributed by atoms with van der Waals surface area (Å²) in [6.07, 6.45) is 5.50. The van der Waals surface area contributed by atoms with E-state index < -0.39 is 0 Å². The second-order valence-electron chi connectivity index (χ2n) is 9.32. The maximum atomic E-state index is 11.1. The Morgan fingerprint density at radius 3 is 2.61 bits per heavy atom. The summed E-state index contributed by atoms with van der Waals surface area (Å²) < 4.78 is 9.90. The number of hydrogen-bond donors (Lipinski definition) is 0. The van der Waals surface area contributed by atoms with Crippen molar-refractivity contribution in [2.45, 2.75) is 25.8 Å². The van der Waals surface area contributed by atoms with Crippen LogP contribution in [0.4, 0.5) is 5.69 Å². The van der Waals surface area contributed by atoms with Crippen molar-refractivity contribution in [3.05, 3.63) is 72.1 Å². The van der Waals surface area contributed by atoms with E-state index in [1.165, 1.54) is 5.56 Å². The van der Waals surface area contributed by atoms with Crippen molar-refractivity contribution in [1.29, 1.82) is 0 Å². The molecule has 36 heavy (non-hydrogen) atoms. The largest absolute Gasteiger partial charge is 0.381 e. The van der Waals surface area contributed by atoms with Crippen molar-refractivity contribution < 1.29 is 9.53 Å². The van der Waals surface area contributed by atoms with E-state index in [1.807, 2.05) is 44.4 Å². The van der Waals surface area contributed by atoms with Gasteiger partial charge in [-0.25, -0.2) is 9.48 Å². The summed E-state index contributed by atoms with van der Waals surface area (Å²) >= 11 is 0. The lowest BCUT2D eigenvalue weighted by Crippen LogP contribution is -2.26. The van der Waals surface area contributed by atoms with Crippen LogP contribution in [0.15, 0.2) is 65.8 Å². The molecule has 8 heteroatoms. The van der Waals surface area contributed by atoms with E-state index in [0.29, 0.717) is 11.6 Å². The maximum absolute atomic E-state index is 11.1. The average molecular weight is 479 g/mol. The number of ether oxygens (including phenoxy) is 1. The van der Waals surface area contributed by atoms with Gasteiger partial charge in [-0.2, -0.15) is 4.99 Å². The van der Waals surface area contributed by atoms with Crippen molar-refractivity contribution in [2.75, 3.05) is 13.2 Å². The Kier molecular flexibility index (Phi) is 5.68. The topological polar surface area (TPSA) is 87.2 Å². The fourth-order valence-electron chi connectivity index (χ4n) is 5.62. The summed E-state index contributed by atoms with van der Waals surface area (Å²) in [6.45, 7) is 3.45. The molecule has 5 aromatic rings. The maximum Gasteiger partial charge on any atom is 0.240 e. The van der Waals surface area contributed by atoms with Gasteiger partial charge in [-0.05, 0) is 55.5 Å². The van der Waals surface area contributed by atoms with Crippen LogP contribution in [0.1, 0.15) is 30.1 Å². The quantitative estimate of drug-likeness (QED) is 0.253. The molecular formula is C28H26N6O2. The highest BCUT2D eigenvalue weighted by Crippen LogP contribution is 2.42. The first-order chi connectivity index (χ1) is 17.7. The molecule has 0 radical (unpaired) electrons. The molecule has 1 unspecified atom stereocenters. The van der Waals surface area contributed by atoms with Gasteiger partial charge in [0.05, 0.1) is 39.7 Å². The minimum Gasteiger partial charge on any atom is -0.381 e. The number of rotatable bonds is 5. The predicted octanol–water partition coefficient (Wildman–Crippen LogP) is 5.28. The third-order valence-electron chi connectivity index (χ3n) is 7.20. The highest BCUT2D eigenvalue weighted by Gasteiger charge is 2.30. The van der Waals surface area contributed by atoms with E-state index in [9.17, 15) is 4.79 Å². The summed E-state index contributed by atoms with van der Waals surface area (Å²) in [5, 5.41) is 9.46. The van der Waals surface area contributed by atoms with Crippen LogP contribution in [-0.4, -0.2) is 43.8 Å². The number of aromatic nitrogens is 5. The Labute approximate surface area is 208 Å². The van der Waals surface area contributed by atoms with E-state index in [1.54, 1.807) is 10.8 Å². The fraction of sp³-hybridized carbons (Fsp3) is 0.286. The summed E-state index contributed by atoms with van der Waals surface area (Å²) in [5.41, 5.74) is 7.49. The minimum atomic E-state index is 0.0633. The molecule has 1 fully saturated rings. The number of aryl methyl sites for hydroxylation is 2. The SMILES string of the molecule is Cc1nnn(C)c1-c1cnc2c3ccc(N=C=O)cc3n(C(c3ccccc3)C3CCOCC3)c2c1. The van der Waals surface area contributed by atoms with Crippen molar-refractivity contribution in [3.63, 3.8) is 0 Å².